The number of benzene rings is 2. The summed E-state index contributed by atoms with van der Waals surface area (Å²) in [4.78, 5) is 6.61. The van der Waals surface area contributed by atoms with Gasteiger partial charge in [-0.1, -0.05) is 30.3 Å². The van der Waals surface area contributed by atoms with Gasteiger partial charge in [-0.25, -0.2) is 0 Å². The normalized spacial score (nSPS) is 11.3. The van der Waals surface area contributed by atoms with Crippen molar-refractivity contribution in [1.29, 1.82) is 0 Å². The van der Waals surface area contributed by atoms with Gasteiger partial charge in [0.2, 0.25) is 0 Å². The van der Waals surface area contributed by atoms with E-state index in [2.05, 4.69) is 46.5 Å². The molecule has 0 saturated carbocycles. The first-order valence-corrected chi connectivity index (χ1v) is 8.59. The number of hydrogen-bond acceptors (Lipinski definition) is 3. The van der Waals surface area contributed by atoms with E-state index in [0.29, 0.717) is 12.5 Å². The predicted octanol–water partition coefficient (Wildman–Crippen LogP) is 3.95. The molecule has 0 atom stereocenters. The molecule has 2 aromatic carbocycles. The monoisotopic (exact) mass is 468 g/mol. The quantitative estimate of drug-likeness (QED) is 0.350. The average Bonchev–Trinajstić information content (AvgIpc) is 2.57. The van der Waals surface area contributed by atoms with Gasteiger partial charge in [-0.3, -0.25) is 4.99 Å². The number of nitrogens with zero attached hydrogens (tertiary/aromatic N) is 2. The van der Waals surface area contributed by atoms with Crippen LogP contribution in [0.25, 0.3) is 0 Å². The van der Waals surface area contributed by atoms with Crippen molar-refractivity contribution in [1.82, 2.24) is 4.90 Å². The minimum atomic E-state index is 0. The third-order valence-electron chi connectivity index (χ3n) is 3.56. The zero-order chi connectivity index (χ0) is 18.1. The molecule has 0 amide bonds. The molecule has 5 nitrogen and oxygen atoms in total. The van der Waals surface area contributed by atoms with Crippen molar-refractivity contribution in [3.8, 4) is 5.75 Å². The van der Waals surface area contributed by atoms with Gasteiger partial charge in [-0.05, 0) is 50.7 Å². The van der Waals surface area contributed by atoms with Crippen molar-refractivity contribution in [2.24, 2.45) is 10.7 Å². The summed E-state index contributed by atoms with van der Waals surface area (Å²) in [6, 6.07) is 18.1. The summed E-state index contributed by atoms with van der Waals surface area (Å²) in [7, 11) is 2.08. The maximum absolute atomic E-state index is 5.95. The van der Waals surface area contributed by atoms with Gasteiger partial charge in [0, 0.05) is 18.8 Å². The van der Waals surface area contributed by atoms with Gasteiger partial charge >= 0.3 is 0 Å². The average molecular weight is 468 g/mol. The number of anilines is 1. The number of rotatable bonds is 8. The SMILES string of the molecule is CC(C)Oc1ccc(NC(N)=NCCN(C)Cc2ccccc2)cc1.I. The molecule has 0 aromatic heterocycles. The van der Waals surface area contributed by atoms with Crippen molar-refractivity contribution in [2.45, 2.75) is 26.5 Å². The minimum absolute atomic E-state index is 0. The van der Waals surface area contributed by atoms with Gasteiger partial charge in [0.05, 0.1) is 12.6 Å². The topological polar surface area (TPSA) is 62.9 Å². The highest BCUT2D eigenvalue weighted by Gasteiger charge is 2.01. The number of nitrogens with one attached hydrogen (secondary N) is 1. The molecule has 0 spiro atoms. The lowest BCUT2D eigenvalue weighted by molar-refractivity contribution is 0.242. The molecule has 0 saturated heterocycles. The van der Waals surface area contributed by atoms with Crippen molar-refractivity contribution in [3.05, 3.63) is 60.2 Å². The first kappa shape index (κ1) is 22.2. The Balaban J connectivity index is 0.00000338. The van der Waals surface area contributed by atoms with Gasteiger partial charge < -0.3 is 20.7 Å². The summed E-state index contributed by atoms with van der Waals surface area (Å²) >= 11 is 0. The van der Waals surface area contributed by atoms with Crippen molar-refractivity contribution in [2.75, 3.05) is 25.5 Å². The van der Waals surface area contributed by atoms with E-state index in [0.717, 1.165) is 24.5 Å². The largest absolute Gasteiger partial charge is 0.491 e. The van der Waals surface area contributed by atoms with E-state index in [1.165, 1.54) is 5.56 Å². The molecule has 2 aromatic rings. The van der Waals surface area contributed by atoms with E-state index in [1.807, 2.05) is 44.2 Å². The maximum Gasteiger partial charge on any atom is 0.193 e. The summed E-state index contributed by atoms with van der Waals surface area (Å²) in [5.41, 5.74) is 8.15. The summed E-state index contributed by atoms with van der Waals surface area (Å²) < 4.78 is 5.62. The molecule has 0 aliphatic rings. The van der Waals surface area contributed by atoms with Crippen LogP contribution in [-0.4, -0.2) is 37.1 Å². The highest BCUT2D eigenvalue weighted by atomic mass is 127. The fraction of sp³-hybridized carbons (Fsp3) is 0.350. The van der Waals surface area contributed by atoms with Gasteiger partial charge in [0.1, 0.15) is 5.75 Å². The number of hydrogen-bond donors (Lipinski definition) is 2. The molecular formula is C20H29IN4O. The molecule has 26 heavy (non-hydrogen) atoms. The van der Waals surface area contributed by atoms with Crippen molar-refractivity contribution in [3.63, 3.8) is 0 Å². The lowest BCUT2D eigenvalue weighted by Gasteiger charge is -2.15. The summed E-state index contributed by atoms with van der Waals surface area (Å²) in [5.74, 6) is 1.27. The second kappa shape index (κ2) is 11.7. The van der Waals surface area contributed by atoms with Crippen LogP contribution in [0, 0.1) is 0 Å². The standard InChI is InChI=1S/C20H28N4O.HI/c1-16(2)25-19-11-9-18(10-12-19)23-20(21)22-13-14-24(3)15-17-7-5-4-6-8-17;/h4-12,16H,13-15H2,1-3H3,(H3,21,22,23);1H. The lowest BCUT2D eigenvalue weighted by Crippen LogP contribution is -2.26. The number of likely N-dealkylation sites (N-methyl/N-ethyl adjacent to an activating group) is 1. The van der Waals surface area contributed by atoms with Gasteiger partial charge in [-0.2, -0.15) is 0 Å². The third-order valence-corrected chi connectivity index (χ3v) is 3.56. The Bertz CT molecular complexity index is 659. The smallest absolute Gasteiger partial charge is 0.193 e. The zero-order valence-electron chi connectivity index (χ0n) is 15.7. The van der Waals surface area contributed by atoms with Crippen LogP contribution in [0.1, 0.15) is 19.4 Å². The highest BCUT2D eigenvalue weighted by Crippen LogP contribution is 2.16. The Labute approximate surface area is 173 Å². The van der Waals surface area contributed by atoms with Crippen LogP contribution in [0.2, 0.25) is 0 Å². The second-order valence-electron chi connectivity index (χ2n) is 6.31. The van der Waals surface area contributed by atoms with Crippen LogP contribution in [0.15, 0.2) is 59.6 Å². The van der Waals surface area contributed by atoms with Crippen LogP contribution >= 0.6 is 24.0 Å². The van der Waals surface area contributed by atoms with Crippen molar-refractivity contribution >= 4 is 35.6 Å². The highest BCUT2D eigenvalue weighted by molar-refractivity contribution is 14.0. The third kappa shape index (κ3) is 8.53. The molecule has 0 aliphatic heterocycles. The number of halogens is 1. The van der Waals surface area contributed by atoms with Gasteiger partial charge in [-0.15, -0.1) is 24.0 Å². The van der Waals surface area contributed by atoms with E-state index in [4.69, 9.17) is 10.5 Å². The molecule has 0 bridgehead atoms. The van der Waals surface area contributed by atoms with Crippen LogP contribution in [0.5, 0.6) is 5.75 Å². The fourth-order valence-electron chi connectivity index (χ4n) is 2.39. The summed E-state index contributed by atoms with van der Waals surface area (Å²) in [6.45, 7) is 6.41. The van der Waals surface area contributed by atoms with Crippen LogP contribution < -0.4 is 15.8 Å². The number of guanidine groups is 1. The van der Waals surface area contributed by atoms with Crippen LogP contribution in [0.4, 0.5) is 5.69 Å². The molecule has 0 fully saturated rings. The second-order valence-corrected chi connectivity index (χ2v) is 6.31. The Morgan fingerprint density at radius 3 is 2.38 bits per heavy atom. The van der Waals surface area contributed by atoms with E-state index in [9.17, 15) is 0 Å². The Kier molecular flexibility index (Phi) is 10.0. The minimum Gasteiger partial charge on any atom is -0.491 e. The fourth-order valence-corrected chi connectivity index (χ4v) is 2.39. The number of aliphatic imine (C=N–C) groups is 1. The molecule has 0 heterocycles. The van der Waals surface area contributed by atoms with E-state index in [-0.39, 0.29) is 30.1 Å². The molecular weight excluding hydrogens is 439 g/mol. The molecule has 0 aliphatic carbocycles. The van der Waals surface area contributed by atoms with Crippen LogP contribution in [-0.2, 0) is 6.54 Å². The van der Waals surface area contributed by atoms with Crippen molar-refractivity contribution < 1.29 is 4.74 Å². The Morgan fingerprint density at radius 2 is 1.77 bits per heavy atom. The maximum atomic E-state index is 5.95. The Morgan fingerprint density at radius 1 is 1.12 bits per heavy atom. The molecule has 0 radical (unpaired) electrons. The summed E-state index contributed by atoms with van der Waals surface area (Å²) in [6.07, 6.45) is 0.165. The van der Waals surface area contributed by atoms with Crippen LogP contribution in [0.3, 0.4) is 0 Å². The summed E-state index contributed by atoms with van der Waals surface area (Å²) in [5, 5.41) is 3.10. The first-order valence-electron chi connectivity index (χ1n) is 8.59. The van der Waals surface area contributed by atoms with E-state index < -0.39 is 0 Å². The molecule has 0 unspecified atom stereocenters. The number of ether oxygens (including phenoxy) is 1. The van der Waals surface area contributed by atoms with E-state index in [1.54, 1.807) is 0 Å². The Hall–Kier alpha value is -1.80. The van der Waals surface area contributed by atoms with Gasteiger partial charge in [0.25, 0.3) is 0 Å². The molecule has 2 rings (SSSR count). The first-order chi connectivity index (χ1) is 12.0. The van der Waals surface area contributed by atoms with Gasteiger partial charge in [0.15, 0.2) is 5.96 Å². The lowest BCUT2D eigenvalue weighted by atomic mass is 10.2. The number of nitrogens with two attached hydrogens (primary N) is 1. The predicted molar refractivity (Wildman–Crippen MR) is 121 cm³/mol. The molecule has 3 N–H and O–H groups in total. The zero-order valence-corrected chi connectivity index (χ0v) is 18.0. The van der Waals surface area contributed by atoms with E-state index >= 15 is 0 Å². The molecule has 6 heteroatoms. The molecule has 142 valence electrons.